The lowest BCUT2D eigenvalue weighted by Crippen LogP contribution is -2.43. The molecule has 3 aromatic rings. The summed E-state index contributed by atoms with van der Waals surface area (Å²) in [7, 11) is 0. The average molecular weight is 376 g/mol. The molecule has 0 saturated carbocycles. The fourth-order valence-electron chi connectivity index (χ4n) is 4.14. The van der Waals surface area contributed by atoms with Crippen molar-refractivity contribution in [3.05, 3.63) is 90.0 Å². The predicted molar refractivity (Wildman–Crippen MR) is 112 cm³/mol. The minimum absolute atomic E-state index is 0.226. The third kappa shape index (κ3) is 4.51. The summed E-state index contributed by atoms with van der Waals surface area (Å²) in [5, 5.41) is 0. The van der Waals surface area contributed by atoms with Crippen molar-refractivity contribution < 1.29 is 4.74 Å². The molecule has 2 aromatic carbocycles. The Morgan fingerprint density at radius 2 is 1.71 bits per heavy atom. The van der Waals surface area contributed by atoms with Crippen LogP contribution in [-0.2, 0) is 17.8 Å². The zero-order valence-electron chi connectivity index (χ0n) is 16.6. The first-order valence-electron chi connectivity index (χ1n) is 10.3. The highest BCUT2D eigenvalue weighted by Gasteiger charge is 2.26. The molecule has 1 fully saturated rings. The summed E-state index contributed by atoms with van der Waals surface area (Å²) >= 11 is 0. The molecule has 146 valence electrons. The van der Waals surface area contributed by atoms with Gasteiger partial charge in [0.15, 0.2) is 0 Å². The molecule has 4 rings (SSSR count). The van der Waals surface area contributed by atoms with Crippen LogP contribution < -0.4 is 0 Å². The largest absolute Gasteiger partial charge is 0.376 e. The summed E-state index contributed by atoms with van der Waals surface area (Å²) in [4.78, 5) is 7.02. The molecule has 1 unspecified atom stereocenters. The number of rotatable bonds is 7. The molecule has 1 saturated heterocycles. The topological polar surface area (TPSA) is 30.3 Å². The minimum atomic E-state index is 0.226. The Balaban J connectivity index is 1.47. The molecule has 1 aromatic heterocycles. The van der Waals surface area contributed by atoms with Gasteiger partial charge in [0, 0.05) is 37.9 Å². The van der Waals surface area contributed by atoms with Gasteiger partial charge in [-0.15, -0.1) is 0 Å². The number of ether oxygens (including phenoxy) is 1. The summed E-state index contributed by atoms with van der Waals surface area (Å²) in [5.74, 6) is 1.50. The van der Waals surface area contributed by atoms with Gasteiger partial charge in [0.05, 0.1) is 19.3 Å². The van der Waals surface area contributed by atoms with E-state index in [1.54, 1.807) is 0 Å². The molecule has 0 N–H and O–H groups in total. The van der Waals surface area contributed by atoms with E-state index in [1.165, 1.54) is 11.1 Å². The van der Waals surface area contributed by atoms with Crippen LogP contribution >= 0.6 is 0 Å². The molecule has 0 aliphatic carbocycles. The van der Waals surface area contributed by atoms with E-state index in [-0.39, 0.29) is 6.10 Å². The van der Waals surface area contributed by atoms with Crippen molar-refractivity contribution in [2.45, 2.75) is 38.5 Å². The number of morpholine rings is 1. The number of hydrogen-bond acceptors (Lipinski definition) is 3. The van der Waals surface area contributed by atoms with Crippen molar-refractivity contribution in [1.82, 2.24) is 14.5 Å². The van der Waals surface area contributed by atoms with Crippen LogP contribution in [0, 0.1) is 0 Å². The van der Waals surface area contributed by atoms with E-state index in [2.05, 4.69) is 88.2 Å². The summed E-state index contributed by atoms with van der Waals surface area (Å²) in [6.45, 7) is 6.72. The van der Waals surface area contributed by atoms with Crippen LogP contribution in [0.2, 0.25) is 0 Å². The van der Waals surface area contributed by atoms with Crippen LogP contribution in [0.4, 0.5) is 0 Å². The highest BCUT2D eigenvalue weighted by atomic mass is 16.5. The van der Waals surface area contributed by atoms with Crippen molar-refractivity contribution in [1.29, 1.82) is 0 Å². The van der Waals surface area contributed by atoms with E-state index in [9.17, 15) is 0 Å². The minimum Gasteiger partial charge on any atom is -0.376 e. The molecule has 0 bridgehead atoms. The fraction of sp³-hybridized carbons (Fsp3) is 0.375. The zero-order chi connectivity index (χ0) is 19.2. The molecule has 1 aliphatic heterocycles. The summed E-state index contributed by atoms with van der Waals surface area (Å²) < 4.78 is 8.41. The number of imidazole rings is 1. The molecular formula is C24H29N3O. The van der Waals surface area contributed by atoms with Gasteiger partial charge in [0.25, 0.3) is 0 Å². The Hall–Kier alpha value is -2.43. The van der Waals surface area contributed by atoms with Gasteiger partial charge in [0.1, 0.15) is 5.82 Å². The molecule has 1 atom stereocenters. The molecule has 4 heteroatoms. The lowest BCUT2D eigenvalue weighted by Gasteiger charge is -2.34. The molecule has 28 heavy (non-hydrogen) atoms. The van der Waals surface area contributed by atoms with E-state index >= 15 is 0 Å². The maximum Gasteiger partial charge on any atom is 0.122 e. The zero-order valence-corrected chi connectivity index (χ0v) is 16.6. The van der Waals surface area contributed by atoms with Gasteiger partial charge in [-0.2, -0.15) is 0 Å². The first-order valence-corrected chi connectivity index (χ1v) is 10.3. The predicted octanol–water partition coefficient (Wildman–Crippen LogP) is 4.33. The molecule has 2 heterocycles. The highest BCUT2D eigenvalue weighted by Crippen LogP contribution is 2.31. The average Bonchev–Trinajstić information content (AvgIpc) is 3.20. The fourth-order valence-corrected chi connectivity index (χ4v) is 4.14. The van der Waals surface area contributed by atoms with Crippen LogP contribution in [0.5, 0.6) is 0 Å². The van der Waals surface area contributed by atoms with E-state index < -0.39 is 0 Å². The number of aryl methyl sites for hydroxylation is 1. The summed E-state index contributed by atoms with van der Waals surface area (Å²) in [6.07, 6.45) is 5.18. The SMILES string of the molecule is CCn1ccnc1CN1CCOC(CC(c2ccccc2)c2ccccc2)C1. The van der Waals surface area contributed by atoms with Crippen LogP contribution in [0.25, 0.3) is 0 Å². The number of benzene rings is 2. The molecule has 0 spiro atoms. The second-order valence-electron chi connectivity index (χ2n) is 7.47. The van der Waals surface area contributed by atoms with E-state index in [0.717, 1.165) is 45.0 Å². The monoisotopic (exact) mass is 375 g/mol. The summed E-state index contributed by atoms with van der Waals surface area (Å²) in [6, 6.07) is 21.6. The second kappa shape index (κ2) is 9.18. The van der Waals surface area contributed by atoms with Gasteiger partial charge in [-0.05, 0) is 24.5 Å². The molecule has 1 aliphatic rings. The highest BCUT2D eigenvalue weighted by molar-refractivity contribution is 5.32. The lowest BCUT2D eigenvalue weighted by atomic mass is 9.86. The third-order valence-corrected chi connectivity index (χ3v) is 5.63. The third-order valence-electron chi connectivity index (χ3n) is 5.63. The number of hydrogen-bond donors (Lipinski definition) is 0. The van der Waals surface area contributed by atoms with Crippen LogP contribution in [0.3, 0.4) is 0 Å². The Bertz CT molecular complexity index is 807. The van der Waals surface area contributed by atoms with Gasteiger partial charge in [-0.3, -0.25) is 4.90 Å². The van der Waals surface area contributed by atoms with Crippen molar-refractivity contribution in [2.75, 3.05) is 19.7 Å². The van der Waals surface area contributed by atoms with E-state index in [4.69, 9.17) is 4.74 Å². The quantitative estimate of drug-likeness (QED) is 0.616. The van der Waals surface area contributed by atoms with Crippen LogP contribution in [0.1, 0.15) is 36.2 Å². The summed E-state index contributed by atoms with van der Waals surface area (Å²) in [5.41, 5.74) is 2.71. The maximum atomic E-state index is 6.19. The Labute approximate surface area is 167 Å². The van der Waals surface area contributed by atoms with Gasteiger partial charge in [-0.25, -0.2) is 4.98 Å². The van der Waals surface area contributed by atoms with Crippen molar-refractivity contribution in [2.24, 2.45) is 0 Å². The molecule has 0 radical (unpaired) electrons. The van der Waals surface area contributed by atoms with Gasteiger partial charge >= 0.3 is 0 Å². The number of aromatic nitrogens is 2. The van der Waals surface area contributed by atoms with Crippen molar-refractivity contribution in [3.8, 4) is 0 Å². The van der Waals surface area contributed by atoms with Gasteiger partial charge < -0.3 is 9.30 Å². The second-order valence-corrected chi connectivity index (χ2v) is 7.47. The van der Waals surface area contributed by atoms with E-state index in [1.807, 2.05) is 6.20 Å². The van der Waals surface area contributed by atoms with Crippen molar-refractivity contribution >= 4 is 0 Å². The van der Waals surface area contributed by atoms with Gasteiger partial charge in [-0.1, -0.05) is 60.7 Å². The Kier molecular flexibility index (Phi) is 6.20. The first kappa shape index (κ1) is 18.9. The number of nitrogens with zero attached hydrogens (tertiary/aromatic N) is 3. The normalized spacial score (nSPS) is 17.9. The maximum absolute atomic E-state index is 6.19. The molecule has 4 nitrogen and oxygen atoms in total. The lowest BCUT2D eigenvalue weighted by molar-refractivity contribution is -0.0374. The Morgan fingerprint density at radius 1 is 1.04 bits per heavy atom. The first-order chi connectivity index (χ1) is 13.8. The molecular weight excluding hydrogens is 346 g/mol. The smallest absolute Gasteiger partial charge is 0.122 e. The Morgan fingerprint density at radius 3 is 2.36 bits per heavy atom. The van der Waals surface area contributed by atoms with E-state index in [0.29, 0.717) is 5.92 Å². The molecule has 0 amide bonds. The standard InChI is InChI=1S/C24H29N3O/c1-2-27-14-13-25-24(27)19-26-15-16-28-22(18-26)17-23(20-9-5-3-6-10-20)21-11-7-4-8-12-21/h3-14,22-23H,2,15-19H2,1H3. The van der Waals surface area contributed by atoms with Crippen molar-refractivity contribution in [3.63, 3.8) is 0 Å². The van der Waals surface area contributed by atoms with Crippen LogP contribution in [0.15, 0.2) is 73.1 Å². The van der Waals surface area contributed by atoms with Gasteiger partial charge in [0.2, 0.25) is 0 Å². The van der Waals surface area contributed by atoms with Crippen LogP contribution in [-0.4, -0.2) is 40.3 Å².